The fourth-order valence-electron chi connectivity index (χ4n) is 1.13. The highest BCUT2D eigenvalue weighted by molar-refractivity contribution is 5.76. The summed E-state index contributed by atoms with van der Waals surface area (Å²) < 4.78 is 0. The van der Waals surface area contributed by atoms with Crippen LogP contribution in [0.5, 0.6) is 0 Å². The minimum Gasteiger partial charge on any atom is -0.353 e. The molecule has 3 amide bonds. The number of hydrogen-bond donors (Lipinski definition) is 4. The Hall–Kier alpha value is -1.30. The second-order valence-electron chi connectivity index (χ2n) is 3.63. The first-order chi connectivity index (χ1) is 7.18. The molecule has 0 unspecified atom stereocenters. The van der Waals surface area contributed by atoms with Gasteiger partial charge in [-0.3, -0.25) is 4.79 Å². The zero-order chi connectivity index (χ0) is 11.1. The van der Waals surface area contributed by atoms with Crippen LogP contribution in [0.15, 0.2) is 0 Å². The van der Waals surface area contributed by atoms with E-state index in [9.17, 15) is 9.59 Å². The summed E-state index contributed by atoms with van der Waals surface area (Å²) in [5.41, 5.74) is 4.88. The number of amides is 3. The van der Waals surface area contributed by atoms with Gasteiger partial charge in [0.1, 0.15) is 0 Å². The zero-order valence-electron chi connectivity index (χ0n) is 8.71. The molecule has 0 atom stereocenters. The maximum Gasteiger partial charge on any atom is 0.312 e. The lowest BCUT2D eigenvalue weighted by molar-refractivity contribution is -0.121. The lowest BCUT2D eigenvalue weighted by atomic mass is 10.4. The summed E-state index contributed by atoms with van der Waals surface area (Å²) in [4.78, 5) is 21.5. The van der Waals surface area contributed by atoms with E-state index in [0.29, 0.717) is 32.1 Å². The lowest BCUT2D eigenvalue weighted by Gasteiger charge is -2.05. The molecule has 0 aromatic rings. The van der Waals surface area contributed by atoms with Crippen LogP contribution in [0.3, 0.4) is 0 Å². The fourth-order valence-corrected chi connectivity index (χ4v) is 1.13. The molecule has 0 bridgehead atoms. The Morgan fingerprint density at radius 1 is 1.20 bits per heavy atom. The molecular formula is C9H18N4O2. The summed E-state index contributed by atoms with van der Waals surface area (Å²) in [6, 6.07) is -0.0997. The molecule has 1 aliphatic rings. The Bertz CT molecular complexity index is 228. The molecule has 86 valence electrons. The van der Waals surface area contributed by atoms with Crippen molar-refractivity contribution in [2.45, 2.75) is 25.3 Å². The summed E-state index contributed by atoms with van der Waals surface area (Å²) in [5, 5.41) is 8.38. The minimum absolute atomic E-state index is 0.0906. The van der Waals surface area contributed by atoms with Crippen molar-refractivity contribution < 1.29 is 9.59 Å². The molecule has 6 heteroatoms. The molecule has 0 aromatic heterocycles. The Labute approximate surface area is 89.0 Å². The minimum atomic E-state index is -0.525. The monoisotopic (exact) mass is 214 g/mol. The number of urea groups is 1. The summed E-state index contributed by atoms with van der Waals surface area (Å²) in [6.45, 7) is 1.73. The van der Waals surface area contributed by atoms with E-state index in [-0.39, 0.29) is 5.91 Å². The summed E-state index contributed by atoms with van der Waals surface area (Å²) >= 11 is 0. The second kappa shape index (κ2) is 6.23. The molecule has 0 aliphatic heterocycles. The largest absolute Gasteiger partial charge is 0.353 e. The van der Waals surface area contributed by atoms with Gasteiger partial charge in [-0.2, -0.15) is 0 Å². The molecular weight excluding hydrogens is 196 g/mol. The molecule has 6 nitrogen and oxygen atoms in total. The molecule has 0 saturated heterocycles. The van der Waals surface area contributed by atoms with Crippen LogP contribution in [0, 0.1) is 0 Å². The molecule has 15 heavy (non-hydrogen) atoms. The van der Waals surface area contributed by atoms with Crippen LogP contribution in [0.25, 0.3) is 0 Å². The van der Waals surface area contributed by atoms with Gasteiger partial charge in [0.05, 0.1) is 0 Å². The molecule has 0 radical (unpaired) electrons. The van der Waals surface area contributed by atoms with Gasteiger partial charge in [0.25, 0.3) is 0 Å². The second-order valence-corrected chi connectivity index (χ2v) is 3.63. The van der Waals surface area contributed by atoms with Gasteiger partial charge in [-0.25, -0.2) is 4.79 Å². The zero-order valence-corrected chi connectivity index (χ0v) is 8.71. The average Bonchev–Trinajstić information content (AvgIpc) is 2.94. The smallest absolute Gasteiger partial charge is 0.312 e. The van der Waals surface area contributed by atoms with E-state index >= 15 is 0 Å². The predicted molar refractivity (Wildman–Crippen MR) is 56.2 cm³/mol. The standard InChI is InChI=1S/C9H18N4O2/c10-9(15)12-6-5-11-4-3-8(14)13-7-1-2-7/h7,11H,1-6H2,(H,13,14)(H3,10,12,15). The van der Waals surface area contributed by atoms with Crippen LogP contribution in [0.1, 0.15) is 19.3 Å². The van der Waals surface area contributed by atoms with E-state index in [1.54, 1.807) is 0 Å². The number of carbonyl (C=O) groups excluding carboxylic acids is 2. The number of primary amides is 1. The van der Waals surface area contributed by atoms with Crippen molar-refractivity contribution >= 4 is 11.9 Å². The number of nitrogens with one attached hydrogen (secondary N) is 3. The third-order valence-electron chi connectivity index (χ3n) is 2.07. The van der Waals surface area contributed by atoms with Crippen molar-refractivity contribution in [1.82, 2.24) is 16.0 Å². The lowest BCUT2D eigenvalue weighted by Crippen LogP contribution is -2.36. The number of hydrogen-bond acceptors (Lipinski definition) is 3. The molecule has 0 spiro atoms. The van der Waals surface area contributed by atoms with E-state index in [1.165, 1.54) is 0 Å². The van der Waals surface area contributed by atoms with Gasteiger partial charge in [-0.1, -0.05) is 0 Å². The molecule has 0 heterocycles. The van der Waals surface area contributed by atoms with Crippen molar-refractivity contribution in [3.8, 4) is 0 Å². The Balaban J connectivity index is 1.83. The average molecular weight is 214 g/mol. The van der Waals surface area contributed by atoms with E-state index in [2.05, 4.69) is 16.0 Å². The van der Waals surface area contributed by atoms with Crippen molar-refractivity contribution in [2.24, 2.45) is 5.73 Å². The van der Waals surface area contributed by atoms with Gasteiger partial charge in [0.15, 0.2) is 0 Å². The normalized spacial score (nSPS) is 14.7. The Morgan fingerprint density at radius 3 is 2.53 bits per heavy atom. The SMILES string of the molecule is NC(=O)NCCNCCC(=O)NC1CC1. The van der Waals surface area contributed by atoms with Crippen LogP contribution in [0.4, 0.5) is 4.79 Å². The van der Waals surface area contributed by atoms with E-state index < -0.39 is 6.03 Å². The highest BCUT2D eigenvalue weighted by Crippen LogP contribution is 2.18. The first-order valence-electron chi connectivity index (χ1n) is 5.22. The molecule has 1 rings (SSSR count). The van der Waals surface area contributed by atoms with Crippen LogP contribution < -0.4 is 21.7 Å². The van der Waals surface area contributed by atoms with Gasteiger partial charge in [0.2, 0.25) is 5.91 Å². The summed E-state index contributed by atoms with van der Waals surface area (Å²) in [5.74, 6) is 0.0906. The highest BCUT2D eigenvalue weighted by Gasteiger charge is 2.22. The van der Waals surface area contributed by atoms with E-state index in [0.717, 1.165) is 12.8 Å². The number of carbonyl (C=O) groups is 2. The van der Waals surface area contributed by atoms with Gasteiger partial charge < -0.3 is 21.7 Å². The first kappa shape index (κ1) is 11.8. The van der Waals surface area contributed by atoms with Gasteiger partial charge >= 0.3 is 6.03 Å². The maximum absolute atomic E-state index is 11.2. The van der Waals surface area contributed by atoms with Gasteiger partial charge in [-0.15, -0.1) is 0 Å². The molecule has 1 fully saturated rings. The van der Waals surface area contributed by atoms with Gasteiger partial charge in [-0.05, 0) is 12.8 Å². The van der Waals surface area contributed by atoms with Crippen LogP contribution in [0.2, 0.25) is 0 Å². The first-order valence-corrected chi connectivity index (χ1v) is 5.22. The fraction of sp³-hybridized carbons (Fsp3) is 0.778. The third-order valence-corrected chi connectivity index (χ3v) is 2.07. The molecule has 1 saturated carbocycles. The Kier molecular flexibility index (Phi) is 4.89. The predicted octanol–water partition coefficient (Wildman–Crippen LogP) is -1.09. The highest BCUT2D eigenvalue weighted by atomic mass is 16.2. The van der Waals surface area contributed by atoms with Crippen molar-refractivity contribution in [1.29, 1.82) is 0 Å². The van der Waals surface area contributed by atoms with Crippen LogP contribution in [-0.4, -0.2) is 37.6 Å². The quantitative estimate of drug-likeness (QED) is 0.406. The molecule has 1 aliphatic carbocycles. The Morgan fingerprint density at radius 2 is 1.93 bits per heavy atom. The summed E-state index contributed by atoms with van der Waals surface area (Å²) in [7, 11) is 0. The number of nitrogens with two attached hydrogens (primary N) is 1. The summed E-state index contributed by atoms with van der Waals surface area (Å²) in [6.07, 6.45) is 2.70. The van der Waals surface area contributed by atoms with Crippen molar-refractivity contribution in [3.63, 3.8) is 0 Å². The van der Waals surface area contributed by atoms with E-state index in [4.69, 9.17) is 5.73 Å². The van der Waals surface area contributed by atoms with Gasteiger partial charge in [0, 0.05) is 32.1 Å². The van der Waals surface area contributed by atoms with Crippen LogP contribution >= 0.6 is 0 Å². The van der Waals surface area contributed by atoms with Crippen molar-refractivity contribution in [3.05, 3.63) is 0 Å². The maximum atomic E-state index is 11.2. The number of rotatable bonds is 7. The molecule has 0 aromatic carbocycles. The third kappa shape index (κ3) is 6.73. The van der Waals surface area contributed by atoms with Crippen molar-refractivity contribution in [2.75, 3.05) is 19.6 Å². The topological polar surface area (TPSA) is 96.2 Å². The molecule has 5 N–H and O–H groups in total. The van der Waals surface area contributed by atoms with Crippen LogP contribution in [-0.2, 0) is 4.79 Å². The van der Waals surface area contributed by atoms with E-state index in [1.807, 2.05) is 0 Å².